The van der Waals surface area contributed by atoms with Crippen molar-refractivity contribution in [1.82, 2.24) is 9.80 Å². The monoisotopic (exact) mass is 420 g/mol. The molecule has 0 atom stereocenters. The van der Waals surface area contributed by atoms with Crippen LogP contribution in [0.4, 0.5) is 0 Å². The average molecular weight is 420 g/mol. The number of rotatable bonds is 6. The van der Waals surface area contributed by atoms with Crippen molar-refractivity contribution < 1.29 is 24.2 Å². The van der Waals surface area contributed by atoms with Gasteiger partial charge in [0.15, 0.2) is 13.2 Å². The molecule has 160 valence electrons. The zero-order valence-electron chi connectivity index (χ0n) is 17.1. The third-order valence-electron chi connectivity index (χ3n) is 5.27. The lowest BCUT2D eigenvalue weighted by atomic mass is 10.1. The van der Waals surface area contributed by atoms with Crippen molar-refractivity contribution in [2.24, 2.45) is 0 Å². The van der Waals surface area contributed by atoms with E-state index in [4.69, 9.17) is 9.47 Å². The number of carbonyl (C=O) groups is 2. The predicted octanol–water partition coefficient (Wildman–Crippen LogP) is 2.67. The molecule has 3 aromatic rings. The average Bonchev–Trinajstić information content (AvgIpc) is 2.82. The molecular weight excluding hydrogens is 396 g/mol. The maximum Gasteiger partial charge on any atom is 0.260 e. The quantitative estimate of drug-likeness (QED) is 0.663. The van der Waals surface area contributed by atoms with E-state index in [1.807, 2.05) is 42.5 Å². The van der Waals surface area contributed by atoms with Gasteiger partial charge in [-0.1, -0.05) is 30.3 Å². The Hall–Kier alpha value is -3.74. The van der Waals surface area contributed by atoms with Gasteiger partial charge >= 0.3 is 0 Å². The van der Waals surface area contributed by atoms with Crippen LogP contribution >= 0.6 is 0 Å². The number of phenols is 1. The molecule has 3 aromatic carbocycles. The van der Waals surface area contributed by atoms with E-state index >= 15 is 0 Å². The summed E-state index contributed by atoms with van der Waals surface area (Å²) in [5, 5.41) is 11.5. The van der Waals surface area contributed by atoms with Crippen molar-refractivity contribution in [2.75, 3.05) is 39.4 Å². The molecule has 1 N–H and O–H groups in total. The van der Waals surface area contributed by atoms with Crippen LogP contribution in [0.1, 0.15) is 0 Å². The van der Waals surface area contributed by atoms with E-state index in [-0.39, 0.29) is 30.8 Å². The van der Waals surface area contributed by atoms with E-state index in [1.54, 1.807) is 21.9 Å². The number of aromatic hydroxyl groups is 1. The zero-order valence-corrected chi connectivity index (χ0v) is 17.1. The normalized spacial score (nSPS) is 13.8. The number of amides is 2. The van der Waals surface area contributed by atoms with Gasteiger partial charge in [0.2, 0.25) is 0 Å². The molecule has 0 aliphatic carbocycles. The number of ether oxygens (including phenoxy) is 2. The van der Waals surface area contributed by atoms with Gasteiger partial charge in [-0.2, -0.15) is 0 Å². The molecule has 7 heteroatoms. The Morgan fingerprint density at radius 1 is 0.710 bits per heavy atom. The molecule has 0 radical (unpaired) electrons. The summed E-state index contributed by atoms with van der Waals surface area (Å²) in [4.78, 5) is 28.3. The maximum absolute atomic E-state index is 12.5. The maximum atomic E-state index is 12.5. The molecule has 0 spiro atoms. The molecule has 1 heterocycles. The fourth-order valence-electron chi connectivity index (χ4n) is 3.48. The second-order valence-corrected chi connectivity index (χ2v) is 7.34. The molecular formula is C24H24N2O5. The highest BCUT2D eigenvalue weighted by atomic mass is 16.5. The first-order chi connectivity index (χ1) is 15.1. The highest BCUT2D eigenvalue weighted by Gasteiger charge is 2.24. The lowest BCUT2D eigenvalue weighted by Crippen LogP contribution is -2.52. The molecule has 2 amide bonds. The fourth-order valence-corrected chi connectivity index (χ4v) is 3.48. The molecule has 1 fully saturated rings. The lowest BCUT2D eigenvalue weighted by Gasteiger charge is -2.34. The van der Waals surface area contributed by atoms with Crippen molar-refractivity contribution in [1.29, 1.82) is 0 Å². The van der Waals surface area contributed by atoms with Crippen LogP contribution in [0, 0.1) is 0 Å². The summed E-state index contributed by atoms with van der Waals surface area (Å²) < 4.78 is 11.2. The number of nitrogens with zero attached hydrogens (tertiary/aromatic N) is 2. The van der Waals surface area contributed by atoms with Crippen molar-refractivity contribution >= 4 is 22.6 Å². The minimum atomic E-state index is -0.132. The summed E-state index contributed by atoms with van der Waals surface area (Å²) in [5.41, 5.74) is 0. The van der Waals surface area contributed by atoms with Crippen LogP contribution < -0.4 is 9.47 Å². The first kappa shape index (κ1) is 20.5. The molecule has 7 nitrogen and oxygen atoms in total. The number of fused-ring (bicyclic) bond motifs is 1. The number of carbonyl (C=O) groups excluding carboxylic acids is 2. The van der Waals surface area contributed by atoms with Gasteiger partial charge in [0.25, 0.3) is 11.8 Å². The van der Waals surface area contributed by atoms with Crippen molar-refractivity contribution in [3.8, 4) is 17.2 Å². The van der Waals surface area contributed by atoms with Crippen LogP contribution in [0.25, 0.3) is 10.8 Å². The van der Waals surface area contributed by atoms with Gasteiger partial charge in [-0.15, -0.1) is 0 Å². The Bertz CT molecular complexity index is 1060. The molecule has 0 unspecified atom stereocenters. The molecule has 4 rings (SSSR count). The van der Waals surface area contributed by atoms with Gasteiger partial charge in [-0.05, 0) is 47.2 Å². The smallest absolute Gasteiger partial charge is 0.260 e. The van der Waals surface area contributed by atoms with Crippen molar-refractivity contribution in [2.45, 2.75) is 0 Å². The van der Waals surface area contributed by atoms with E-state index in [9.17, 15) is 14.7 Å². The number of phenolic OH excluding ortho intramolecular Hbond substituents is 1. The molecule has 1 aliphatic heterocycles. The minimum Gasteiger partial charge on any atom is -0.508 e. The summed E-state index contributed by atoms with van der Waals surface area (Å²) in [7, 11) is 0. The van der Waals surface area contributed by atoms with Crippen LogP contribution in [0.2, 0.25) is 0 Å². The van der Waals surface area contributed by atoms with Crippen LogP contribution in [-0.4, -0.2) is 66.1 Å². The SMILES string of the molecule is O=C(COc1ccc(O)cc1)N1CCN(C(=O)COc2ccc3ccccc3c2)CC1. The van der Waals surface area contributed by atoms with Crippen LogP contribution in [0.3, 0.4) is 0 Å². The third kappa shape index (κ3) is 5.25. The molecule has 0 aromatic heterocycles. The molecule has 0 bridgehead atoms. The third-order valence-corrected chi connectivity index (χ3v) is 5.27. The van der Waals surface area contributed by atoms with E-state index in [0.29, 0.717) is 37.7 Å². The lowest BCUT2D eigenvalue weighted by molar-refractivity contribution is -0.141. The topological polar surface area (TPSA) is 79.3 Å². The van der Waals surface area contributed by atoms with Gasteiger partial charge < -0.3 is 24.4 Å². The van der Waals surface area contributed by atoms with Gasteiger partial charge in [0.05, 0.1) is 0 Å². The summed E-state index contributed by atoms with van der Waals surface area (Å²) in [5.74, 6) is 1.09. The van der Waals surface area contributed by atoms with Crippen LogP contribution in [0.5, 0.6) is 17.2 Å². The Morgan fingerprint density at radius 2 is 1.23 bits per heavy atom. The Labute approximate surface area is 180 Å². The zero-order chi connectivity index (χ0) is 21.6. The standard InChI is InChI=1S/C24H24N2O5/c27-20-6-9-21(10-7-20)30-16-23(28)25-11-13-26(14-12-25)24(29)17-31-22-8-5-18-3-1-2-4-19(18)15-22/h1-10,15,27H,11-14,16-17H2. The second-order valence-electron chi connectivity index (χ2n) is 7.34. The molecule has 1 aliphatic rings. The first-order valence-electron chi connectivity index (χ1n) is 10.2. The second kappa shape index (κ2) is 9.38. The summed E-state index contributed by atoms with van der Waals surface area (Å²) in [6.07, 6.45) is 0. The molecule has 1 saturated heterocycles. The number of benzene rings is 3. The minimum absolute atomic E-state index is 0.0315. The van der Waals surface area contributed by atoms with Crippen molar-refractivity contribution in [3.05, 3.63) is 66.7 Å². The highest BCUT2D eigenvalue weighted by Crippen LogP contribution is 2.20. The number of piperazine rings is 1. The van der Waals surface area contributed by atoms with Crippen LogP contribution in [0.15, 0.2) is 66.7 Å². The Balaban J connectivity index is 1.21. The summed E-state index contributed by atoms with van der Waals surface area (Å²) >= 11 is 0. The van der Waals surface area contributed by atoms with Gasteiger partial charge in [-0.25, -0.2) is 0 Å². The van der Waals surface area contributed by atoms with Crippen LogP contribution in [-0.2, 0) is 9.59 Å². The van der Waals surface area contributed by atoms with Gasteiger partial charge in [0, 0.05) is 26.2 Å². The Morgan fingerprint density at radius 3 is 1.84 bits per heavy atom. The number of hydrogen-bond donors (Lipinski definition) is 1. The van der Waals surface area contributed by atoms with Crippen molar-refractivity contribution in [3.63, 3.8) is 0 Å². The van der Waals surface area contributed by atoms with E-state index < -0.39 is 0 Å². The summed E-state index contributed by atoms with van der Waals surface area (Å²) in [6.45, 7) is 1.73. The van der Waals surface area contributed by atoms with E-state index in [0.717, 1.165) is 10.8 Å². The summed E-state index contributed by atoms with van der Waals surface area (Å²) in [6, 6.07) is 20.0. The van der Waals surface area contributed by atoms with Gasteiger partial charge in [-0.3, -0.25) is 9.59 Å². The fraction of sp³-hybridized carbons (Fsp3) is 0.250. The Kier molecular flexibility index (Phi) is 6.21. The van der Waals surface area contributed by atoms with E-state index in [2.05, 4.69) is 0 Å². The highest BCUT2D eigenvalue weighted by molar-refractivity contribution is 5.84. The largest absolute Gasteiger partial charge is 0.508 e. The van der Waals surface area contributed by atoms with Gasteiger partial charge in [0.1, 0.15) is 17.2 Å². The molecule has 0 saturated carbocycles. The predicted molar refractivity (Wildman–Crippen MR) is 116 cm³/mol. The first-order valence-corrected chi connectivity index (χ1v) is 10.2. The number of hydrogen-bond acceptors (Lipinski definition) is 5. The van der Waals surface area contributed by atoms with E-state index in [1.165, 1.54) is 12.1 Å². The molecule has 31 heavy (non-hydrogen) atoms.